The van der Waals surface area contributed by atoms with Crippen LogP contribution >= 0.6 is 0 Å². The Bertz CT molecular complexity index is 681. The SMILES string of the molecule is O=C1CCC(CNc2nc3ccc([N+](=O)[O-])cc3o2)N1. The highest BCUT2D eigenvalue weighted by Gasteiger charge is 2.21. The van der Waals surface area contributed by atoms with Gasteiger partial charge in [0.15, 0.2) is 5.58 Å². The van der Waals surface area contributed by atoms with Crippen LogP contribution < -0.4 is 10.6 Å². The van der Waals surface area contributed by atoms with E-state index in [9.17, 15) is 14.9 Å². The van der Waals surface area contributed by atoms with Gasteiger partial charge in [-0.1, -0.05) is 0 Å². The van der Waals surface area contributed by atoms with E-state index in [-0.39, 0.29) is 17.6 Å². The highest BCUT2D eigenvalue weighted by Crippen LogP contribution is 2.23. The van der Waals surface area contributed by atoms with E-state index in [1.165, 1.54) is 12.1 Å². The normalized spacial score (nSPS) is 18.2. The van der Waals surface area contributed by atoms with Gasteiger partial charge in [-0.05, 0) is 12.5 Å². The van der Waals surface area contributed by atoms with Crippen LogP contribution in [0.25, 0.3) is 11.1 Å². The molecule has 2 N–H and O–H groups in total. The summed E-state index contributed by atoms with van der Waals surface area (Å²) in [6.07, 6.45) is 1.31. The van der Waals surface area contributed by atoms with Gasteiger partial charge in [0.05, 0.1) is 11.0 Å². The molecule has 1 fully saturated rings. The van der Waals surface area contributed by atoms with Crippen LogP contribution in [0.2, 0.25) is 0 Å². The van der Waals surface area contributed by atoms with Gasteiger partial charge < -0.3 is 15.1 Å². The topological polar surface area (TPSA) is 110 Å². The van der Waals surface area contributed by atoms with Crippen molar-refractivity contribution in [2.75, 3.05) is 11.9 Å². The number of nitrogens with one attached hydrogen (secondary N) is 2. The number of benzene rings is 1. The fourth-order valence-corrected chi connectivity index (χ4v) is 2.14. The van der Waals surface area contributed by atoms with Gasteiger partial charge in [-0.15, -0.1) is 0 Å². The largest absolute Gasteiger partial charge is 0.423 e. The summed E-state index contributed by atoms with van der Waals surface area (Å²) in [6.45, 7) is 0.515. The lowest BCUT2D eigenvalue weighted by Gasteiger charge is -2.08. The summed E-state index contributed by atoms with van der Waals surface area (Å²) in [5, 5.41) is 16.5. The van der Waals surface area contributed by atoms with Crippen LogP contribution in [0.4, 0.5) is 11.7 Å². The van der Waals surface area contributed by atoms with Gasteiger partial charge in [0.2, 0.25) is 5.91 Å². The number of fused-ring (bicyclic) bond motifs is 1. The molecule has 0 spiro atoms. The number of carbonyl (C=O) groups is 1. The quantitative estimate of drug-likeness (QED) is 0.645. The van der Waals surface area contributed by atoms with Crippen LogP contribution in [0, 0.1) is 10.1 Å². The first-order valence-corrected chi connectivity index (χ1v) is 6.20. The van der Waals surface area contributed by atoms with Crippen molar-refractivity contribution < 1.29 is 14.1 Å². The monoisotopic (exact) mass is 276 g/mol. The molecular formula is C12H12N4O4. The zero-order chi connectivity index (χ0) is 14.1. The van der Waals surface area contributed by atoms with E-state index in [0.29, 0.717) is 30.1 Å². The zero-order valence-electron chi connectivity index (χ0n) is 10.5. The Balaban J connectivity index is 1.72. The summed E-state index contributed by atoms with van der Waals surface area (Å²) in [6, 6.07) is 4.62. The fraction of sp³-hybridized carbons (Fsp3) is 0.333. The van der Waals surface area contributed by atoms with Gasteiger partial charge >= 0.3 is 0 Å². The molecule has 1 aromatic heterocycles. The lowest BCUT2D eigenvalue weighted by atomic mass is 10.2. The van der Waals surface area contributed by atoms with Crippen LogP contribution in [0.3, 0.4) is 0 Å². The standard InChI is InChI=1S/C12H12N4O4/c17-11-4-1-7(14-11)6-13-12-15-9-3-2-8(16(18)19)5-10(9)20-12/h2-3,5,7H,1,4,6H2,(H,13,15)(H,14,17). The number of hydrogen-bond donors (Lipinski definition) is 2. The van der Waals surface area contributed by atoms with E-state index < -0.39 is 4.92 Å². The maximum atomic E-state index is 11.1. The molecule has 104 valence electrons. The molecule has 1 atom stereocenters. The third kappa shape index (κ3) is 2.40. The summed E-state index contributed by atoms with van der Waals surface area (Å²) >= 11 is 0. The Kier molecular flexibility index (Phi) is 2.97. The number of nitro groups is 1. The molecule has 1 aliphatic heterocycles. The summed E-state index contributed by atoms with van der Waals surface area (Å²) in [5.74, 6) is 0.0463. The first-order chi connectivity index (χ1) is 9.61. The average Bonchev–Trinajstić information content (AvgIpc) is 3.00. The predicted molar refractivity (Wildman–Crippen MR) is 70.3 cm³/mol. The number of non-ortho nitro benzene ring substituents is 1. The molecule has 0 radical (unpaired) electrons. The molecule has 8 nitrogen and oxygen atoms in total. The Hall–Kier alpha value is -2.64. The van der Waals surface area contributed by atoms with Crippen molar-refractivity contribution in [3.8, 4) is 0 Å². The lowest BCUT2D eigenvalue weighted by Crippen LogP contribution is -2.31. The van der Waals surface area contributed by atoms with Crippen molar-refractivity contribution in [3.63, 3.8) is 0 Å². The molecule has 2 heterocycles. The van der Waals surface area contributed by atoms with Gasteiger partial charge in [0.1, 0.15) is 5.52 Å². The first-order valence-electron chi connectivity index (χ1n) is 6.20. The molecule has 1 aliphatic rings. The summed E-state index contributed by atoms with van der Waals surface area (Å²) in [5.41, 5.74) is 0.869. The van der Waals surface area contributed by atoms with Crippen LogP contribution in [0.1, 0.15) is 12.8 Å². The molecule has 0 aliphatic carbocycles. The number of nitrogens with zero attached hydrogens (tertiary/aromatic N) is 2. The highest BCUT2D eigenvalue weighted by atomic mass is 16.6. The summed E-state index contributed by atoms with van der Waals surface area (Å²) in [7, 11) is 0. The second kappa shape index (κ2) is 4.80. The second-order valence-electron chi connectivity index (χ2n) is 4.61. The van der Waals surface area contributed by atoms with Crippen molar-refractivity contribution in [3.05, 3.63) is 28.3 Å². The molecule has 1 amide bonds. The third-order valence-corrected chi connectivity index (χ3v) is 3.17. The number of oxazole rings is 1. The fourth-order valence-electron chi connectivity index (χ4n) is 2.14. The van der Waals surface area contributed by atoms with Crippen molar-refractivity contribution in [1.29, 1.82) is 0 Å². The molecular weight excluding hydrogens is 264 g/mol. The number of anilines is 1. The van der Waals surface area contributed by atoms with Crippen LogP contribution in [-0.2, 0) is 4.79 Å². The van der Waals surface area contributed by atoms with E-state index in [4.69, 9.17) is 4.42 Å². The van der Waals surface area contributed by atoms with E-state index in [0.717, 1.165) is 6.42 Å². The maximum absolute atomic E-state index is 11.1. The number of rotatable bonds is 4. The van der Waals surface area contributed by atoms with Gasteiger partial charge in [0, 0.05) is 25.1 Å². The Morgan fingerprint density at radius 2 is 2.40 bits per heavy atom. The molecule has 20 heavy (non-hydrogen) atoms. The minimum Gasteiger partial charge on any atom is -0.423 e. The molecule has 0 bridgehead atoms. The lowest BCUT2D eigenvalue weighted by molar-refractivity contribution is -0.384. The van der Waals surface area contributed by atoms with E-state index in [2.05, 4.69) is 15.6 Å². The van der Waals surface area contributed by atoms with Gasteiger partial charge in [0.25, 0.3) is 11.7 Å². The minimum absolute atomic E-state index is 0.0387. The van der Waals surface area contributed by atoms with Crippen LogP contribution in [0.15, 0.2) is 22.6 Å². The van der Waals surface area contributed by atoms with E-state index in [1.807, 2.05) is 0 Å². The van der Waals surface area contributed by atoms with Gasteiger partial charge in [-0.3, -0.25) is 14.9 Å². The Morgan fingerprint density at radius 1 is 1.55 bits per heavy atom. The molecule has 8 heteroatoms. The van der Waals surface area contributed by atoms with Crippen LogP contribution in [-0.4, -0.2) is 28.4 Å². The van der Waals surface area contributed by atoms with Crippen molar-refractivity contribution in [1.82, 2.24) is 10.3 Å². The number of nitro benzene ring substituents is 1. The minimum atomic E-state index is -0.483. The van der Waals surface area contributed by atoms with Gasteiger partial charge in [-0.25, -0.2) is 0 Å². The Morgan fingerprint density at radius 3 is 3.10 bits per heavy atom. The molecule has 1 aromatic carbocycles. The Labute approximate surface area is 113 Å². The third-order valence-electron chi connectivity index (χ3n) is 3.17. The highest BCUT2D eigenvalue weighted by molar-refractivity contribution is 5.79. The summed E-state index contributed by atoms with van der Waals surface area (Å²) < 4.78 is 5.41. The van der Waals surface area contributed by atoms with Crippen molar-refractivity contribution in [2.24, 2.45) is 0 Å². The smallest absolute Gasteiger partial charge is 0.295 e. The second-order valence-corrected chi connectivity index (χ2v) is 4.61. The molecule has 1 unspecified atom stereocenters. The average molecular weight is 276 g/mol. The molecule has 1 saturated heterocycles. The number of amides is 1. The molecule has 3 rings (SSSR count). The number of carbonyl (C=O) groups excluding carboxylic acids is 1. The van der Waals surface area contributed by atoms with Crippen molar-refractivity contribution >= 4 is 28.7 Å². The number of hydrogen-bond acceptors (Lipinski definition) is 6. The predicted octanol–water partition coefficient (Wildman–Crippen LogP) is 1.43. The molecule has 2 aromatic rings. The maximum Gasteiger partial charge on any atom is 0.295 e. The van der Waals surface area contributed by atoms with Crippen molar-refractivity contribution in [2.45, 2.75) is 18.9 Å². The van der Waals surface area contributed by atoms with Crippen LogP contribution in [0.5, 0.6) is 0 Å². The summed E-state index contributed by atoms with van der Waals surface area (Å²) in [4.78, 5) is 25.4. The van der Waals surface area contributed by atoms with Gasteiger partial charge in [-0.2, -0.15) is 4.98 Å². The number of aromatic nitrogens is 1. The first kappa shape index (κ1) is 12.4. The van der Waals surface area contributed by atoms with E-state index >= 15 is 0 Å². The zero-order valence-corrected chi connectivity index (χ0v) is 10.5. The molecule has 0 saturated carbocycles. The van der Waals surface area contributed by atoms with E-state index in [1.54, 1.807) is 6.07 Å².